The van der Waals surface area contributed by atoms with Gasteiger partial charge in [-0.25, -0.2) is 4.39 Å². The smallest absolute Gasteiger partial charge is 0.307 e. The minimum Gasteiger partial charge on any atom is -0.444 e. The third kappa shape index (κ3) is 4.29. The van der Waals surface area contributed by atoms with Crippen molar-refractivity contribution in [3.8, 4) is 0 Å². The van der Waals surface area contributed by atoms with Crippen LogP contribution in [0.1, 0.15) is 23.7 Å². The van der Waals surface area contributed by atoms with E-state index in [1.165, 1.54) is 17.0 Å². The normalized spacial score (nSPS) is 10.2. The van der Waals surface area contributed by atoms with E-state index in [4.69, 9.17) is 16.3 Å². The van der Waals surface area contributed by atoms with Crippen LogP contribution in [0.4, 0.5) is 10.1 Å². The summed E-state index contributed by atoms with van der Waals surface area (Å²) >= 11 is 5.78. The Morgan fingerprint density at radius 2 is 1.87 bits per heavy atom. The van der Waals surface area contributed by atoms with Crippen LogP contribution < -0.4 is 4.90 Å². The topological polar surface area (TPSA) is 46.6 Å². The third-order valence-corrected chi connectivity index (χ3v) is 3.41. The molecule has 0 unspecified atom stereocenters. The van der Waals surface area contributed by atoms with Crippen molar-refractivity contribution in [1.82, 2.24) is 0 Å². The highest BCUT2D eigenvalue weighted by Gasteiger charge is 2.20. The minimum atomic E-state index is -0.590. The molecule has 0 saturated heterocycles. The van der Waals surface area contributed by atoms with Gasteiger partial charge in [0.05, 0.1) is 5.02 Å². The molecule has 0 bridgehead atoms. The van der Waals surface area contributed by atoms with Crippen molar-refractivity contribution in [2.24, 2.45) is 0 Å². The Hall–Kier alpha value is -2.40. The van der Waals surface area contributed by atoms with Gasteiger partial charge < -0.3 is 4.74 Å². The van der Waals surface area contributed by atoms with E-state index in [0.29, 0.717) is 11.3 Å². The number of rotatable bonds is 5. The fraction of sp³-hybridized carbons (Fsp3) is 0.176. The second-order valence-electron chi connectivity index (χ2n) is 4.70. The lowest BCUT2D eigenvalue weighted by Gasteiger charge is -2.22. The molecule has 4 nitrogen and oxygen atoms in total. The lowest BCUT2D eigenvalue weighted by Crippen LogP contribution is -2.34. The van der Waals surface area contributed by atoms with Crippen LogP contribution in [0.3, 0.4) is 0 Å². The first kappa shape index (κ1) is 17.0. The second kappa shape index (κ2) is 7.74. The fourth-order valence-corrected chi connectivity index (χ4v) is 2.05. The van der Waals surface area contributed by atoms with Crippen LogP contribution in [0.5, 0.6) is 0 Å². The van der Waals surface area contributed by atoms with Crippen LogP contribution >= 0.6 is 11.6 Å². The molecule has 0 aliphatic heterocycles. The van der Waals surface area contributed by atoms with Gasteiger partial charge in [0.15, 0.2) is 6.73 Å². The zero-order chi connectivity index (χ0) is 16.8. The molecular formula is C17H15ClFNO3. The molecule has 0 saturated carbocycles. The van der Waals surface area contributed by atoms with Gasteiger partial charge in [0.25, 0.3) is 5.91 Å². The van der Waals surface area contributed by atoms with Crippen LogP contribution in [-0.4, -0.2) is 18.6 Å². The predicted octanol–water partition coefficient (Wildman–Crippen LogP) is 4.04. The zero-order valence-electron chi connectivity index (χ0n) is 12.5. The first-order chi connectivity index (χ1) is 11.0. The minimum absolute atomic E-state index is 0.116. The molecule has 1 amide bonds. The van der Waals surface area contributed by atoms with E-state index in [-0.39, 0.29) is 24.1 Å². The van der Waals surface area contributed by atoms with Gasteiger partial charge in [-0.3, -0.25) is 14.5 Å². The van der Waals surface area contributed by atoms with Crippen LogP contribution in [-0.2, 0) is 9.53 Å². The Morgan fingerprint density at radius 1 is 1.17 bits per heavy atom. The summed E-state index contributed by atoms with van der Waals surface area (Å²) in [7, 11) is 0. The molecule has 0 aromatic heterocycles. The van der Waals surface area contributed by atoms with Crippen molar-refractivity contribution in [1.29, 1.82) is 0 Å². The third-order valence-electron chi connectivity index (χ3n) is 3.12. The predicted molar refractivity (Wildman–Crippen MR) is 85.9 cm³/mol. The van der Waals surface area contributed by atoms with E-state index in [9.17, 15) is 14.0 Å². The number of ether oxygens (including phenoxy) is 1. The van der Waals surface area contributed by atoms with Crippen molar-refractivity contribution < 1.29 is 18.7 Å². The number of carbonyl (C=O) groups is 2. The van der Waals surface area contributed by atoms with E-state index in [0.717, 1.165) is 6.07 Å². The van der Waals surface area contributed by atoms with Gasteiger partial charge in [0.2, 0.25) is 0 Å². The molecular weight excluding hydrogens is 321 g/mol. The molecule has 0 radical (unpaired) electrons. The van der Waals surface area contributed by atoms with Gasteiger partial charge in [-0.15, -0.1) is 0 Å². The van der Waals surface area contributed by atoms with Gasteiger partial charge in [0.1, 0.15) is 5.82 Å². The SMILES string of the molecule is CCC(=O)OCN(C(=O)c1ccccc1)c1ccc(F)c(Cl)c1. The van der Waals surface area contributed by atoms with Crippen molar-refractivity contribution in [2.45, 2.75) is 13.3 Å². The molecule has 0 atom stereocenters. The molecule has 0 N–H and O–H groups in total. The molecule has 2 rings (SSSR count). The number of esters is 1. The average Bonchev–Trinajstić information content (AvgIpc) is 2.58. The Kier molecular flexibility index (Phi) is 5.71. The lowest BCUT2D eigenvalue weighted by molar-refractivity contribution is -0.142. The van der Waals surface area contributed by atoms with Crippen molar-refractivity contribution in [3.05, 3.63) is 64.9 Å². The summed E-state index contributed by atoms with van der Waals surface area (Å²) in [4.78, 5) is 25.3. The van der Waals surface area contributed by atoms with Crippen molar-refractivity contribution in [2.75, 3.05) is 11.6 Å². The number of hydrogen-bond acceptors (Lipinski definition) is 3. The maximum Gasteiger partial charge on any atom is 0.307 e. The summed E-state index contributed by atoms with van der Waals surface area (Å²) in [5, 5.41) is -0.116. The summed E-state index contributed by atoms with van der Waals surface area (Å²) in [5.74, 6) is -1.41. The number of nitrogens with zero attached hydrogens (tertiary/aromatic N) is 1. The Bertz CT molecular complexity index is 706. The van der Waals surface area contributed by atoms with Gasteiger partial charge in [0, 0.05) is 17.7 Å². The Morgan fingerprint density at radius 3 is 2.48 bits per heavy atom. The molecule has 0 aliphatic rings. The summed E-state index contributed by atoms with van der Waals surface area (Å²) in [6, 6.07) is 12.4. The largest absolute Gasteiger partial charge is 0.444 e. The molecule has 0 spiro atoms. The highest BCUT2D eigenvalue weighted by Crippen LogP contribution is 2.24. The van der Waals surface area contributed by atoms with E-state index in [1.807, 2.05) is 0 Å². The Labute approximate surface area is 138 Å². The highest BCUT2D eigenvalue weighted by atomic mass is 35.5. The number of halogens is 2. The van der Waals surface area contributed by atoms with Gasteiger partial charge in [-0.05, 0) is 30.3 Å². The maximum atomic E-state index is 13.3. The number of benzene rings is 2. The second-order valence-corrected chi connectivity index (χ2v) is 5.10. The molecule has 2 aromatic rings. The fourth-order valence-electron chi connectivity index (χ4n) is 1.88. The molecule has 2 aromatic carbocycles. The van der Waals surface area contributed by atoms with Crippen LogP contribution in [0, 0.1) is 5.82 Å². The monoisotopic (exact) mass is 335 g/mol. The summed E-state index contributed by atoms with van der Waals surface area (Å²) in [5.41, 5.74) is 0.759. The molecule has 0 heterocycles. The molecule has 23 heavy (non-hydrogen) atoms. The zero-order valence-corrected chi connectivity index (χ0v) is 13.2. The van der Waals surface area contributed by atoms with Crippen LogP contribution in [0.15, 0.2) is 48.5 Å². The molecule has 120 valence electrons. The van der Waals surface area contributed by atoms with Gasteiger partial charge in [-0.1, -0.05) is 36.7 Å². The van der Waals surface area contributed by atoms with E-state index < -0.39 is 11.8 Å². The van der Waals surface area contributed by atoms with Gasteiger partial charge in [-0.2, -0.15) is 0 Å². The molecule has 6 heteroatoms. The average molecular weight is 336 g/mol. The number of carbonyl (C=O) groups excluding carboxylic acids is 2. The van der Waals surface area contributed by atoms with Crippen molar-refractivity contribution in [3.63, 3.8) is 0 Å². The lowest BCUT2D eigenvalue weighted by atomic mass is 10.2. The quantitative estimate of drug-likeness (QED) is 0.612. The highest BCUT2D eigenvalue weighted by molar-refractivity contribution is 6.31. The van der Waals surface area contributed by atoms with Crippen molar-refractivity contribution >= 4 is 29.2 Å². The summed E-state index contributed by atoms with van der Waals surface area (Å²) < 4.78 is 18.4. The van der Waals surface area contributed by atoms with Crippen LogP contribution in [0.2, 0.25) is 5.02 Å². The number of amides is 1. The standard InChI is InChI=1S/C17H15ClFNO3/c1-2-16(21)23-11-20(13-8-9-15(19)14(18)10-13)17(22)12-6-4-3-5-7-12/h3-10H,2,11H2,1H3. The Balaban J connectivity index is 2.32. The number of anilines is 1. The van der Waals surface area contributed by atoms with Gasteiger partial charge >= 0.3 is 5.97 Å². The molecule has 0 fully saturated rings. The first-order valence-corrected chi connectivity index (χ1v) is 7.38. The van der Waals surface area contributed by atoms with E-state index in [1.54, 1.807) is 37.3 Å². The maximum absolute atomic E-state index is 13.3. The molecule has 0 aliphatic carbocycles. The number of hydrogen-bond donors (Lipinski definition) is 0. The van der Waals surface area contributed by atoms with Crippen LogP contribution in [0.25, 0.3) is 0 Å². The summed E-state index contributed by atoms with van der Waals surface area (Å²) in [6.45, 7) is 1.38. The van der Waals surface area contributed by atoms with E-state index >= 15 is 0 Å². The first-order valence-electron chi connectivity index (χ1n) is 7.00. The van der Waals surface area contributed by atoms with E-state index in [2.05, 4.69) is 0 Å². The summed E-state index contributed by atoms with van der Waals surface area (Å²) in [6.07, 6.45) is 0.192.